The molecular formula is C27H31N3OSi. The quantitative estimate of drug-likeness (QED) is 0.584. The zero-order valence-corrected chi connectivity index (χ0v) is 20.2. The van der Waals surface area contributed by atoms with E-state index in [0.717, 1.165) is 11.3 Å². The molecule has 0 fully saturated rings. The molecule has 1 atom stereocenters. The van der Waals surface area contributed by atoms with Gasteiger partial charge in [-0.15, -0.1) is 0 Å². The van der Waals surface area contributed by atoms with Gasteiger partial charge in [-0.3, -0.25) is 4.79 Å². The average molecular weight is 442 g/mol. The number of hydrogen-bond acceptors (Lipinski definition) is 3. The van der Waals surface area contributed by atoms with Crippen LogP contribution in [-0.4, -0.2) is 25.7 Å². The summed E-state index contributed by atoms with van der Waals surface area (Å²) in [5.74, 6) is 0.222. The molecular weight excluding hydrogens is 410 g/mol. The maximum absolute atomic E-state index is 12.7. The van der Waals surface area contributed by atoms with Gasteiger partial charge in [0.2, 0.25) is 5.91 Å². The molecule has 4 rings (SSSR count). The van der Waals surface area contributed by atoms with Crippen LogP contribution in [0.15, 0.2) is 77.5 Å². The molecule has 2 aromatic carbocycles. The van der Waals surface area contributed by atoms with Crippen molar-refractivity contribution in [2.45, 2.75) is 39.4 Å². The van der Waals surface area contributed by atoms with Gasteiger partial charge in [0.25, 0.3) is 0 Å². The lowest BCUT2D eigenvalue weighted by atomic mass is 9.90. The molecule has 0 saturated heterocycles. The zero-order valence-electron chi connectivity index (χ0n) is 19.2. The minimum Gasteiger partial charge on any atom is -0.325 e. The van der Waals surface area contributed by atoms with Crippen LogP contribution in [0, 0.1) is 11.3 Å². The van der Waals surface area contributed by atoms with Crippen LogP contribution in [-0.2, 0) is 4.79 Å². The SMILES string of the molecule is CC(C)C[C@@H](N)C(=O)Nc1ccc2c(c1)[Si](C)(C)C1=CC(=N)C=CC1=C2c1ccccc1. The van der Waals surface area contributed by atoms with Gasteiger partial charge in [0.15, 0.2) is 0 Å². The third-order valence-electron chi connectivity index (χ3n) is 6.32. The molecule has 2 aliphatic rings. The van der Waals surface area contributed by atoms with Gasteiger partial charge in [0, 0.05) is 5.69 Å². The van der Waals surface area contributed by atoms with Crippen LogP contribution in [0.2, 0.25) is 13.1 Å². The van der Waals surface area contributed by atoms with Gasteiger partial charge in [0.05, 0.1) is 11.8 Å². The summed E-state index contributed by atoms with van der Waals surface area (Å²) in [5.41, 5.74) is 12.2. The lowest BCUT2D eigenvalue weighted by Gasteiger charge is -2.38. The molecule has 1 heterocycles. The number of hydrogen-bond donors (Lipinski definition) is 3. The molecule has 1 amide bonds. The molecule has 2 aromatic rings. The van der Waals surface area contributed by atoms with Crippen molar-refractivity contribution in [2.75, 3.05) is 5.32 Å². The van der Waals surface area contributed by atoms with E-state index in [9.17, 15) is 4.79 Å². The van der Waals surface area contributed by atoms with E-state index in [2.05, 4.69) is 74.7 Å². The van der Waals surface area contributed by atoms with Crippen molar-refractivity contribution in [1.29, 1.82) is 5.41 Å². The van der Waals surface area contributed by atoms with Gasteiger partial charge in [0.1, 0.15) is 8.07 Å². The molecule has 32 heavy (non-hydrogen) atoms. The molecule has 4 N–H and O–H groups in total. The molecule has 5 heteroatoms. The first kappa shape index (κ1) is 22.2. The second kappa shape index (κ2) is 8.49. The normalized spacial score (nSPS) is 17.6. The largest absolute Gasteiger partial charge is 0.325 e. The Kier molecular flexibility index (Phi) is 5.88. The van der Waals surface area contributed by atoms with E-state index in [1.54, 1.807) is 0 Å². The first-order valence-corrected chi connectivity index (χ1v) is 14.2. The van der Waals surface area contributed by atoms with Crippen molar-refractivity contribution < 1.29 is 4.79 Å². The third kappa shape index (κ3) is 4.06. The average Bonchev–Trinajstić information content (AvgIpc) is 2.75. The fourth-order valence-corrected chi connectivity index (χ4v) is 7.78. The van der Waals surface area contributed by atoms with Crippen LogP contribution in [0.25, 0.3) is 5.57 Å². The highest BCUT2D eigenvalue weighted by molar-refractivity contribution is 6.98. The highest BCUT2D eigenvalue weighted by Crippen LogP contribution is 2.41. The molecule has 0 radical (unpaired) electrons. The number of benzene rings is 2. The Morgan fingerprint density at radius 1 is 1.09 bits per heavy atom. The molecule has 4 nitrogen and oxygen atoms in total. The van der Waals surface area contributed by atoms with Crippen LogP contribution in [0.1, 0.15) is 31.4 Å². The third-order valence-corrected chi connectivity index (χ3v) is 9.84. The number of fused-ring (bicyclic) bond motifs is 2. The molecule has 0 aromatic heterocycles. The van der Waals surface area contributed by atoms with Gasteiger partial charge in [-0.2, -0.15) is 0 Å². The predicted molar refractivity (Wildman–Crippen MR) is 137 cm³/mol. The van der Waals surface area contributed by atoms with E-state index >= 15 is 0 Å². The first-order chi connectivity index (χ1) is 15.2. The van der Waals surface area contributed by atoms with Crippen LogP contribution in [0.3, 0.4) is 0 Å². The van der Waals surface area contributed by atoms with E-state index in [4.69, 9.17) is 11.1 Å². The predicted octanol–water partition coefficient (Wildman–Crippen LogP) is 4.78. The molecule has 0 spiro atoms. The van der Waals surface area contributed by atoms with Crippen LogP contribution in [0.4, 0.5) is 5.69 Å². The maximum atomic E-state index is 12.7. The Balaban J connectivity index is 1.83. The Morgan fingerprint density at radius 2 is 1.81 bits per heavy atom. The second-order valence-corrected chi connectivity index (χ2v) is 13.9. The van der Waals surface area contributed by atoms with Crippen molar-refractivity contribution in [3.63, 3.8) is 0 Å². The molecule has 1 aliphatic carbocycles. The number of nitrogens with one attached hydrogen (secondary N) is 2. The van der Waals surface area contributed by atoms with Crippen molar-refractivity contribution in [1.82, 2.24) is 0 Å². The lowest BCUT2D eigenvalue weighted by molar-refractivity contribution is -0.117. The maximum Gasteiger partial charge on any atom is 0.241 e. The van der Waals surface area contributed by atoms with Crippen molar-refractivity contribution in [3.05, 3.63) is 88.7 Å². The summed E-state index contributed by atoms with van der Waals surface area (Å²) in [6.45, 7) is 8.78. The summed E-state index contributed by atoms with van der Waals surface area (Å²) >= 11 is 0. The lowest BCUT2D eigenvalue weighted by Crippen LogP contribution is -2.49. The summed E-state index contributed by atoms with van der Waals surface area (Å²) < 4.78 is 0. The number of rotatable bonds is 5. The highest BCUT2D eigenvalue weighted by Gasteiger charge is 2.39. The summed E-state index contributed by atoms with van der Waals surface area (Å²) in [4.78, 5) is 12.7. The number of anilines is 1. The highest BCUT2D eigenvalue weighted by atomic mass is 28.3. The minimum absolute atomic E-state index is 0.143. The number of nitrogens with two attached hydrogens (primary N) is 1. The van der Waals surface area contributed by atoms with Crippen LogP contribution >= 0.6 is 0 Å². The summed E-state index contributed by atoms with van der Waals surface area (Å²) in [5, 5.41) is 13.8. The van der Waals surface area contributed by atoms with Gasteiger partial charge < -0.3 is 16.5 Å². The fourth-order valence-electron chi connectivity index (χ4n) is 4.69. The van der Waals surface area contributed by atoms with Crippen molar-refractivity contribution in [2.24, 2.45) is 11.7 Å². The number of amides is 1. The second-order valence-electron chi connectivity index (χ2n) is 9.61. The summed E-state index contributed by atoms with van der Waals surface area (Å²) in [6, 6.07) is 16.1. The minimum atomic E-state index is -2.10. The number of allylic oxidation sites excluding steroid dienone is 5. The number of carbonyl (C=O) groups excluding carboxylic acids is 1. The Bertz CT molecular complexity index is 1170. The first-order valence-electron chi connectivity index (χ1n) is 11.2. The van der Waals surface area contributed by atoms with Gasteiger partial charge >= 0.3 is 0 Å². The number of carbonyl (C=O) groups is 1. The smallest absolute Gasteiger partial charge is 0.241 e. The monoisotopic (exact) mass is 441 g/mol. The van der Waals surface area contributed by atoms with Gasteiger partial charge in [-0.1, -0.05) is 69.4 Å². The Labute approximate surface area is 191 Å². The fraction of sp³-hybridized carbons (Fsp3) is 0.259. The molecule has 1 aliphatic heterocycles. The molecule has 0 unspecified atom stereocenters. The van der Waals surface area contributed by atoms with Gasteiger partial charge in [-0.05, 0) is 69.3 Å². The molecule has 0 saturated carbocycles. The summed E-state index contributed by atoms with van der Waals surface area (Å²) in [7, 11) is -2.10. The van der Waals surface area contributed by atoms with E-state index in [1.807, 2.05) is 24.3 Å². The zero-order chi connectivity index (χ0) is 23.0. The van der Waals surface area contributed by atoms with Crippen LogP contribution in [0.5, 0.6) is 0 Å². The van der Waals surface area contributed by atoms with Gasteiger partial charge in [-0.25, -0.2) is 0 Å². The Hall–Kier alpha value is -3.02. The van der Waals surface area contributed by atoms with E-state index in [1.165, 1.54) is 27.1 Å². The molecule has 164 valence electrons. The standard InChI is InChI=1S/C27H31N3OSi/c1-17(2)14-23(29)27(31)30-20-11-13-22-25(16-20)32(3,4)24-15-19(28)10-12-21(24)26(22)18-8-6-5-7-9-18/h5-13,15-17,23,28H,14,29H2,1-4H3,(H,30,31)/t23-/m1/s1. The van der Waals surface area contributed by atoms with E-state index in [-0.39, 0.29) is 5.91 Å². The van der Waals surface area contributed by atoms with Crippen LogP contribution < -0.4 is 16.2 Å². The van der Waals surface area contributed by atoms with Crippen molar-refractivity contribution in [3.8, 4) is 0 Å². The van der Waals surface area contributed by atoms with E-state index in [0.29, 0.717) is 18.1 Å². The summed E-state index contributed by atoms with van der Waals surface area (Å²) in [6.07, 6.45) is 6.65. The molecule has 0 bridgehead atoms. The topological polar surface area (TPSA) is 79.0 Å². The van der Waals surface area contributed by atoms with E-state index < -0.39 is 14.1 Å². The van der Waals surface area contributed by atoms with Crippen molar-refractivity contribution >= 4 is 36.1 Å². The Morgan fingerprint density at radius 3 is 2.50 bits per heavy atom.